The van der Waals surface area contributed by atoms with Crippen LogP contribution in [0, 0.1) is 11.8 Å². The molecule has 2 aliphatic carbocycles. The number of carboxylic acid groups (broad SMARTS) is 1. The fourth-order valence-corrected chi connectivity index (χ4v) is 4.94. The van der Waals surface area contributed by atoms with Crippen molar-refractivity contribution in [2.75, 3.05) is 0 Å². The van der Waals surface area contributed by atoms with Crippen molar-refractivity contribution in [3.8, 4) is 0 Å². The summed E-state index contributed by atoms with van der Waals surface area (Å²) in [5.41, 5.74) is -0.621. The lowest BCUT2D eigenvalue weighted by Gasteiger charge is -2.50. The van der Waals surface area contributed by atoms with Gasteiger partial charge in [0.2, 0.25) is 0 Å². The van der Waals surface area contributed by atoms with Crippen LogP contribution >= 0.6 is 0 Å². The van der Waals surface area contributed by atoms with Gasteiger partial charge in [-0.05, 0) is 50.4 Å². The number of aliphatic hydroxyl groups excluding tert-OH is 2. The van der Waals surface area contributed by atoms with E-state index in [9.17, 15) is 19.8 Å². The second kappa shape index (κ2) is 9.70. The monoisotopic (exact) mass is 370 g/mol. The molecule has 2 rings (SSSR count). The van der Waals surface area contributed by atoms with Gasteiger partial charge >= 0.3 is 11.9 Å². The maximum Gasteiger partial charge on any atom is 0.338 e. The third-order valence-corrected chi connectivity index (χ3v) is 6.35. The number of aliphatic carboxylic acids is 1. The van der Waals surface area contributed by atoms with E-state index in [1.165, 1.54) is 6.42 Å². The third-order valence-electron chi connectivity index (χ3n) is 6.35. The Hall–Kier alpha value is -1.14. The first kappa shape index (κ1) is 21.2. The van der Waals surface area contributed by atoms with Crippen LogP contribution < -0.4 is 0 Å². The number of rotatable bonds is 8. The Morgan fingerprint density at radius 3 is 2.31 bits per heavy atom. The molecule has 26 heavy (non-hydrogen) atoms. The van der Waals surface area contributed by atoms with Gasteiger partial charge in [0.05, 0.1) is 0 Å². The first-order valence-electron chi connectivity index (χ1n) is 10.2. The number of aliphatic hydroxyl groups is 2. The zero-order chi connectivity index (χ0) is 19.2. The molecular formula is C20H34O6. The van der Waals surface area contributed by atoms with Crippen molar-refractivity contribution in [3.63, 3.8) is 0 Å². The Kier molecular flexibility index (Phi) is 7.89. The molecule has 0 saturated heterocycles. The van der Waals surface area contributed by atoms with E-state index in [1.54, 1.807) is 0 Å². The lowest BCUT2D eigenvalue weighted by molar-refractivity contribution is -0.201. The maximum atomic E-state index is 12.5. The van der Waals surface area contributed by atoms with E-state index in [2.05, 4.69) is 6.92 Å². The van der Waals surface area contributed by atoms with Gasteiger partial charge in [0, 0.05) is 0 Å². The van der Waals surface area contributed by atoms with Gasteiger partial charge in [0.1, 0.15) is 5.60 Å². The van der Waals surface area contributed by atoms with Crippen LogP contribution in [0.5, 0.6) is 0 Å². The van der Waals surface area contributed by atoms with E-state index < -0.39 is 29.7 Å². The minimum absolute atomic E-state index is 0.248. The summed E-state index contributed by atoms with van der Waals surface area (Å²) in [5, 5.41) is 28.4. The van der Waals surface area contributed by atoms with Gasteiger partial charge in [-0.15, -0.1) is 0 Å². The summed E-state index contributed by atoms with van der Waals surface area (Å²) in [7, 11) is 0. The fraction of sp³-hybridized carbons (Fsp3) is 0.900. The Labute approximate surface area is 155 Å². The molecule has 4 unspecified atom stereocenters. The molecule has 0 heterocycles. The zero-order valence-corrected chi connectivity index (χ0v) is 15.9. The molecule has 0 aromatic carbocycles. The fourth-order valence-electron chi connectivity index (χ4n) is 4.94. The van der Waals surface area contributed by atoms with Crippen LogP contribution in [0.15, 0.2) is 0 Å². The predicted octanol–water partition coefficient (Wildman–Crippen LogP) is 3.04. The first-order valence-corrected chi connectivity index (χ1v) is 10.2. The second-order valence-electron chi connectivity index (χ2n) is 8.02. The largest absolute Gasteiger partial charge is 0.479 e. The van der Waals surface area contributed by atoms with E-state index in [-0.39, 0.29) is 11.8 Å². The molecule has 2 fully saturated rings. The molecule has 0 aromatic heterocycles. The summed E-state index contributed by atoms with van der Waals surface area (Å²) in [6.45, 7) is 2.14. The molecule has 0 amide bonds. The number of carbonyl (C=O) groups excluding carboxylic acids is 1. The van der Waals surface area contributed by atoms with Crippen molar-refractivity contribution in [1.82, 2.24) is 0 Å². The molecular weight excluding hydrogens is 336 g/mol. The van der Waals surface area contributed by atoms with Crippen LogP contribution in [-0.4, -0.2) is 45.1 Å². The number of hydrogen-bond acceptors (Lipinski definition) is 5. The highest BCUT2D eigenvalue weighted by atomic mass is 16.6. The summed E-state index contributed by atoms with van der Waals surface area (Å²) in [6, 6.07) is 0. The van der Waals surface area contributed by atoms with Crippen LogP contribution in [0.3, 0.4) is 0 Å². The number of carbonyl (C=O) groups is 2. The molecule has 0 bridgehead atoms. The number of ether oxygens (including phenoxy) is 1. The number of hydrogen-bond donors (Lipinski definition) is 3. The van der Waals surface area contributed by atoms with Gasteiger partial charge in [0.25, 0.3) is 0 Å². The zero-order valence-electron chi connectivity index (χ0n) is 15.9. The quantitative estimate of drug-likeness (QED) is 0.567. The molecule has 0 aliphatic heterocycles. The molecule has 2 saturated carbocycles. The van der Waals surface area contributed by atoms with E-state index in [1.807, 2.05) is 0 Å². The molecule has 0 aromatic rings. The smallest absolute Gasteiger partial charge is 0.338 e. The molecule has 6 heteroatoms. The van der Waals surface area contributed by atoms with E-state index in [0.717, 1.165) is 70.6 Å². The Morgan fingerprint density at radius 2 is 1.69 bits per heavy atom. The van der Waals surface area contributed by atoms with Crippen LogP contribution in [0.2, 0.25) is 0 Å². The highest BCUT2D eigenvalue weighted by Crippen LogP contribution is 2.49. The second-order valence-corrected chi connectivity index (χ2v) is 8.02. The Balaban J connectivity index is 2.24. The van der Waals surface area contributed by atoms with Crippen molar-refractivity contribution in [2.24, 2.45) is 11.8 Å². The standard InChI is InChI=1S/C20H34O6/c1-2-3-9-14-12-7-8-13-20(14,15-10-5-4-6-11-15)26-19(25)17(22)16(21)18(23)24/h14-17,21-22H,2-13H2,1H3,(H,23,24). The van der Waals surface area contributed by atoms with Gasteiger partial charge in [-0.2, -0.15) is 0 Å². The van der Waals surface area contributed by atoms with Gasteiger partial charge in [-0.3, -0.25) is 0 Å². The van der Waals surface area contributed by atoms with Crippen LogP contribution in [0.4, 0.5) is 0 Å². The average molecular weight is 370 g/mol. The highest BCUT2D eigenvalue weighted by Gasteiger charge is 2.50. The third kappa shape index (κ3) is 4.77. The molecule has 6 nitrogen and oxygen atoms in total. The minimum atomic E-state index is -2.15. The van der Waals surface area contributed by atoms with Crippen molar-refractivity contribution in [2.45, 2.75) is 102 Å². The molecule has 0 radical (unpaired) electrons. The molecule has 150 valence electrons. The van der Waals surface area contributed by atoms with Crippen LogP contribution in [-0.2, 0) is 14.3 Å². The van der Waals surface area contributed by atoms with Crippen LogP contribution in [0.1, 0.15) is 84.0 Å². The SMILES string of the molecule is CCCCC1CCCCC1(OC(=O)C(O)C(O)C(=O)O)C1CCCCC1. The molecule has 3 N–H and O–H groups in total. The normalized spacial score (nSPS) is 29.7. The molecule has 2 aliphatic rings. The summed E-state index contributed by atoms with van der Waals surface area (Å²) >= 11 is 0. The minimum Gasteiger partial charge on any atom is -0.479 e. The van der Waals surface area contributed by atoms with E-state index >= 15 is 0 Å². The van der Waals surface area contributed by atoms with Crippen LogP contribution in [0.25, 0.3) is 0 Å². The predicted molar refractivity (Wildman–Crippen MR) is 96.5 cm³/mol. The Bertz CT molecular complexity index is 473. The van der Waals surface area contributed by atoms with Crippen molar-refractivity contribution in [1.29, 1.82) is 0 Å². The van der Waals surface area contributed by atoms with Crippen molar-refractivity contribution in [3.05, 3.63) is 0 Å². The lowest BCUT2D eigenvalue weighted by atomic mass is 9.63. The van der Waals surface area contributed by atoms with Gasteiger partial charge in [0.15, 0.2) is 12.2 Å². The van der Waals surface area contributed by atoms with Crippen molar-refractivity contribution >= 4 is 11.9 Å². The maximum absolute atomic E-state index is 12.5. The summed E-state index contributed by atoms with van der Waals surface area (Å²) in [5.74, 6) is -2.10. The van der Waals surface area contributed by atoms with Gasteiger partial charge in [-0.1, -0.05) is 45.4 Å². The summed E-state index contributed by atoms with van der Waals surface area (Å²) in [6.07, 6.45) is 8.24. The number of unbranched alkanes of at least 4 members (excludes halogenated alkanes) is 1. The molecule has 0 spiro atoms. The van der Waals surface area contributed by atoms with E-state index in [0.29, 0.717) is 0 Å². The van der Waals surface area contributed by atoms with Crippen molar-refractivity contribution < 1.29 is 29.6 Å². The number of carboxylic acids is 1. The van der Waals surface area contributed by atoms with E-state index in [4.69, 9.17) is 9.84 Å². The lowest BCUT2D eigenvalue weighted by Crippen LogP contribution is -2.54. The topological polar surface area (TPSA) is 104 Å². The summed E-state index contributed by atoms with van der Waals surface area (Å²) in [4.78, 5) is 23.4. The first-order chi connectivity index (χ1) is 12.4. The highest BCUT2D eigenvalue weighted by molar-refractivity contribution is 5.84. The average Bonchev–Trinajstić information content (AvgIpc) is 2.66. The number of esters is 1. The van der Waals surface area contributed by atoms with Gasteiger partial charge in [-0.25, -0.2) is 9.59 Å². The Morgan fingerprint density at radius 1 is 1.04 bits per heavy atom. The molecule has 4 atom stereocenters. The van der Waals surface area contributed by atoms with Gasteiger partial charge < -0.3 is 20.1 Å². The summed E-state index contributed by atoms with van der Waals surface area (Å²) < 4.78 is 5.95.